The predicted molar refractivity (Wildman–Crippen MR) is 69.6 cm³/mol. The summed E-state index contributed by atoms with van der Waals surface area (Å²) in [5, 5.41) is 11.9. The lowest BCUT2D eigenvalue weighted by atomic mass is 10.1. The van der Waals surface area contributed by atoms with Crippen molar-refractivity contribution in [3.63, 3.8) is 0 Å². The lowest BCUT2D eigenvalue weighted by molar-refractivity contribution is 0.616. The molecule has 0 aliphatic rings. The monoisotopic (exact) mass is 240 g/mol. The number of hydrogen-bond acceptors (Lipinski definition) is 2. The quantitative estimate of drug-likeness (QED) is 0.889. The molecule has 0 spiro atoms. The van der Waals surface area contributed by atoms with Gasteiger partial charge < -0.3 is 5.32 Å². The minimum Gasteiger partial charge on any atom is -0.381 e. The molecule has 3 heteroatoms. The Morgan fingerprint density at radius 1 is 1.17 bits per heavy atom. The molecule has 0 saturated carbocycles. The van der Waals surface area contributed by atoms with Crippen molar-refractivity contribution in [2.45, 2.75) is 13.5 Å². The van der Waals surface area contributed by atoms with Gasteiger partial charge in [-0.25, -0.2) is 4.39 Å². The van der Waals surface area contributed by atoms with Crippen LogP contribution in [0.2, 0.25) is 0 Å². The summed E-state index contributed by atoms with van der Waals surface area (Å²) in [6.07, 6.45) is 0. The summed E-state index contributed by atoms with van der Waals surface area (Å²) in [5.74, 6) is -0.186. The maximum atomic E-state index is 13.3. The number of nitrogens with one attached hydrogen (secondary N) is 1. The maximum Gasteiger partial charge on any atom is 0.126 e. The van der Waals surface area contributed by atoms with E-state index < -0.39 is 0 Å². The fraction of sp³-hybridized carbons (Fsp3) is 0.133. The van der Waals surface area contributed by atoms with Crippen LogP contribution in [0.4, 0.5) is 10.1 Å². The second-order valence-corrected chi connectivity index (χ2v) is 4.13. The van der Waals surface area contributed by atoms with Crippen LogP contribution in [0.25, 0.3) is 0 Å². The van der Waals surface area contributed by atoms with E-state index in [0.717, 1.165) is 11.3 Å². The predicted octanol–water partition coefficient (Wildman–Crippen LogP) is 3.62. The molecule has 0 aliphatic heterocycles. The van der Waals surface area contributed by atoms with Crippen molar-refractivity contribution in [2.75, 3.05) is 5.32 Å². The minimum absolute atomic E-state index is 0.186. The summed E-state index contributed by atoms with van der Waals surface area (Å²) < 4.78 is 13.3. The molecule has 0 unspecified atom stereocenters. The van der Waals surface area contributed by atoms with Crippen molar-refractivity contribution in [3.8, 4) is 6.07 Å². The summed E-state index contributed by atoms with van der Waals surface area (Å²) in [6, 6.07) is 14.4. The van der Waals surface area contributed by atoms with Gasteiger partial charge in [0.25, 0.3) is 0 Å². The Bertz CT molecular complexity index is 582. The molecule has 0 bridgehead atoms. The molecular formula is C15H13FN2. The smallest absolute Gasteiger partial charge is 0.126 e. The van der Waals surface area contributed by atoms with Crippen LogP contribution in [-0.2, 0) is 6.54 Å². The number of anilines is 1. The highest BCUT2D eigenvalue weighted by Crippen LogP contribution is 2.13. The Morgan fingerprint density at radius 2 is 1.89 bits per heavy atom. The highest BCUT2D eigenvalue weighted by Gasteiger charge is 1.99. The first-order valence-electron chi connectivity index (χ1n) is 5.68. The molecule has 0 saturated heterocycles. The number of hydrogen-bond donors (Lipinski definition) is 1. The zero-order valence-corrected chi connectivity index (χ0v) is 10.1. The van der Waals surface area contributed by atoms with Crippen LogP contribution < -0.4 is 5.32 Å². The Kier molecular flexibility index (Phi) is 3.59. The standard InChI is InChI=1S/C15H13FN2/c1-11-2-3-13(8-15(11)16)10-18-14-6-4-12(9-17)5-7-14/h2-8,18H,10H2,1H3. The van der Waals surface area contributed by atoms with E-state index in [-0.39, 0.29) is 5.82 Å². The first-order chi connectivity index (χ1) is 8.69. The fourth-order valence-electron chi connectivity index (χ4n) is 1.61. The van der Waals surface area contributed by atoms with Crippen molar-refractivity contribution in [2.24, 2.45) is 0 Å². The SMILES string of the molecule is Cc1ccc(CNc2ccc(C#N)cc2)cc1F. The second kappa shape index (κ2) is 5.33. The zero-order chi connectivity index (χ0) is 13.0. The summed E-state index contributed by atoms with van der Waals surface area (Å²) in [5.41, 5.74) is 3.08. The van der Waals surface area contributed by atoms with Crippen LogP contribution in [-0.4, -0.2) is 0 Å². The largest absolute Gasteiger partial charge is 0.381 e. The molecule has 2 aromatic carbocycles. The number of halogens is 1. The highest BCUT2D eigenvalue weighted by atomic mass is 19.1. The third kappa shape index (κ3) is 2.86. The Morgan fingerprint density at radius 3 is 2.50 bits per heavy atom. The molecule has 0 amide bonds. The first-order valence-corrected chi connectivity index (χ1v) is 5.68. The Balaban J connectivity index is 2.02. The summed E-state index contributed by atoms with van der Waals surface area (Å²) >= 11 is 0. The van der Waals surface area contributed by atoms with Crippen LogP contribution in [0.1, 0.15) is 16.7 Å². The van der Waals surface area contributed by atoms with Gasteiger partial charge in [-0.2, -0.15) is 5.26 Å². The van der Waals surface area contributed by atoms with Crippen LogP contribution in [0, 0.1) is 24.1 Å². The lowest BCUT2D eigenvalue weighted by Crippen LogP contribution is -2.00. The minimum atomic E-state index is -0.186. The summed E-state index contributed by atoms with van der Waals surface area (Å²) in [7, 11) is 0. The molecule has 0 radical (unpaired) electrons. The van der Waals surface area contributed by atoms with Gasteiger partial charge in [0.05, 0.1) is 11.6 Å². The van der Waals surface area contributed by atoms with E-state index in [0.29, 0.717) is 17.7 Å². The average Bonchev–Trinajstić information content (AvgIpc) is 2.41. The second-order valence-electron chi connectivity index (χ2n) is 4.13. The molecule has 0 atom stereocenters. The van der Waals surface area contributed by atoms with E-state index in [9.17, 15) is 4.39 Å². The number of nitrogens with zero attached hydrogens (tertiary/aromatic N) is 1. The van der Waals surface area contributed by atoms with Gasteiger partial charge in [-0.05, 0) is 48.4 Å². The van der Waals surface area contributed by atoms with E-state index in [1.54, 1.807) is 25.1 Å². The van der Waals surface area contributed by atoms with Crippen molar-refractivity contribution < 1.29 is 4.39 Å². The summed E-state index contributed by atoms with van der Waals surface area (Å²) in [6.45, 7) is 2.30. The lowest BCUT2D eigenvalue weighted by Gasteiger charge is -2.07. The van der Waals surface area contributed by atoms with Crippen molar-refractivity contribution >= 4 is 5.69 Å². The Hall–Kier alpha value is -2.34. The molecule has 18 heavy (non-hydrogen) atoms. The normalized spacial score (nSPS) is 9.83. The molecule has 2 nitrogen and oxygen atoms in total. The number of benzene rings is 2. The van der Waals surface area contributed by atoms with E-state index >= 15 is 0 Å². The molecule has 90 valence electrons. The zero-order valence-electron chi connectivity index (χ0n) is 10.1. The molecule has 0 aromatic heterocycles. The molecular weight excluding hydrogens is 227 g/mol. The molecule has 1 N–H and O–H groups in total. The Labute approximate surface area is 106 Å². The van der Waals surface area contributed by atoms with Gasteiger partial charge in [0.1, 0.15) is 5.82 Å². The van der Waals surface area contributed by atoms with E-state index in [1.165, 1.54) is 6.07 Å². The van der Waals surface area contributed by atoms with Crippen molar-refractivity contribution in [1.29, 1.82) is 5.26 Å². The summed E-state index contributed by atoms with van der Waals surface area (Å²) in [4.78, 5) is 0. The van der Waals surface area contributed by atoms with Crippen LogP contribution in [0.15, 0.2) is 42.5 Å². The van der Waals surface area contributed by atoms with Gasteiger partial charge in [0.15, 0.2) is 0 Å². The topological polar surface area (TPSA) is 35.8 Å². The maximum absolute atomic E-state index is 13.3. The average molecular weight is 240 g/mol. The van der Waals surface area contributed by atoms with Crippen LogP contribution in [0.5, 0.6) is 0 Å². The third-order valence-electron chi connectivity index (χ3n) is 2.75. The molecule has 0 fully saturated rings. The van der Waals surface area contributed by atoms with Gasteiger partial charge in [-0.3, -0.25) is 0 Å². The molecule has 2 rings (SSSR count). The van der Waals surface area contributed by atoms with Gasteiger partial charge >= 0.3 is 0 Å². The van der Waals surface area contributed by atoms with Gasteiger partial charge in [0, 0.05) is 12.2 Å². The molecule has 0 heterocycles. The third-order valence-corrected chi connectivity index (χ3v) is 2.75. The van der Waals surface area contributed by atoms with Crippen LogP contribution >= 0.6 is 0 Å². The highest BCUT2D eigenvalue weighted by molar-refractivity contribution is 5.47. The van der Waals surface area contributed by atoms with Crippen molar-refractivity contribution in [3.05, 3.63) is 65.0 Å². The van der Waals surface area contributed by atoms with Gasteiger partial charge in [-0.15, -0.1) is 0 Å². The van der Waals surface area contributed by atoms with E-state index in [1.807, 2.05) is 18.2 Å². The molecule has 0 aliphatic carbocycles. The molecule has 2 aromatic rings. The van der Waals surface area contributed by atoms with Gasteiger partial charge in [0.2, 0.25) is 0 Å². The number of nitriles is 1. The van der Waals surface area contributed by atoms with Gasteiger partial charge in [-0.1, -0.05) is 12.1 Å². The van der Waals surface area contributed by atoms with Crippen LogP contribution in [0.3, 0.4) is 0 Å². The number of rotatable bonds is 3. The fourth-order valence-corrected chi connectivity index (χ4v) is 1.61. The van der Waals surface area contributed by atoms with E-state index in [2.05, 4.69) is 11.4 Å². The first kappa shape index (κ1) is 12.1. The van der Waals surface area contributed by atoms with Crippen molar-refractivity contribution in [1.82, 2.24) is 0 Å². The van der Waals surface area contributed by atoms with E-state index in [4.69, 9.17) is 5.26 Å². The number of aryl methyl sites for hydroxylation is 1.